The van der Waals surface area contributed by atoms with Crippen molar-refractivity contribution in [2.24, 2.45) is 5.41 Å². The monoisotopic (exact) mass is 348 g/mol. The number of likely N-dealkylation sites (tertiary alicyclic amines) is 1. The molecule has 1 saturated carbocycles. The fraction of sp³-hybridized carbons (Fsp3) is 0.476. The van der Waals surface area contributed by atoms with Gasteiger partial charge < -0.3 is 4.90 Å². The highest BCUT2D eigenvalue weighted by molar-refractivity contribution is 6.00. The van der Waals surface area contributed by atoms with E-state index < -0.39 is 0 Å². The van der Waals surface area contributed by atoms with Crippen molar-refractivity contribution >= 4 is 5.91 Å². The van der Waals surface area contributed by atoms with Crippen LogP contribution in [0.3, 0.4) is 0 Å². The Kier molecular flexibility index (Phi) is 4.07. The normalized spacial score (nSPS) is 18.2. The van der Waals surface area contributed by atoms with Crippen molar-refractivity contribution in [3.05, 3.63) is 41.6 Å². The number of aromatic nitrogens is 2. The first-order valence-corrected chi connectivity index (χ1v) is 9.40. The molecule has 1 amide bonds. The van der Waals surface area contributed by atoms with Gasteiger partial charge in [0.2, 0.25) is 0 Å². The second-order valence-electron chi connectivity index (χ2n) is 7.94. The molecule has 0 N–H and O–H groups in total. The van der Waals surface area contributed by atoms with E-state index in [-0.39, 0.29) is 11.9 Å². The molecule has 1 aliphatic carbocycles. The molecule has 134 valence electrons. The number of hydrogen-bond acceptors (Lipinski definition) is 3. The van der Waals surface area contributed by atoms with Crippen molar-refractivity contribution in [2.45, 2.75) is 45.6 Å². The second kappa shape index (κ2) is 6.28. The minimum Gasteiger partial charge on any atom is -0.339 e. The number of hydrogen-bond donors (Lipinski definition) is 0. The standard InChI is InChI=1S/C21H24N4O/c1-15(2)25-10-5-19(23-25)18-13-16(14-22)3-4-17(18)20(26)24-11-8-21(6-7-21)9-12-24/h3-5,10,13,15H,6-9,11-12H2,1-2H3. The molecular formula is C21H24N4O. The number of benzene rings is 1. The van der Waals surface area contributed by atoms with Gasteiger partial charge in [0.15, 0.2) is 0 Å². The van der Waals surface area contributed by atoms with Crippen LogP contribution in [0.25, 0.3) is 11.3 Å². The molecular weight excluding hydrogens is 324 g/mol. The first-order chi connectivity index (χ1) is 12.5. The van der Waals surface area contributed by atoms with Crippen molar-refractivity contribution in [3.8, 4) is 17.3 Å². The predicted molar refractivity (Wildman–Crippen MR) is 99.6 cm³/mol. The number of nitrogens with zero attached hydrogens (tertiary/aromatic N) is 4. The summed E-state index contributed by atoms with van der Waals surface area (Å²) in [4.78, 5) is 15.1. The van der Waals surface area contributed by atoms with Crippen LogP contribution >= 0.6 is 0 Å². The Hall–Kier alpha value is -2.61. The van der Waals surface area contributed by atoms with Crippen LogP contribution in [0.5, 0.6) is 0 Å². The van der Waals surface area contributed by atoms with E-state index in [9.17, 15) is 10.1 Å². The average molecular weight is 348 g/mol. The van der Waals surface area contributed by atoms with Crippen molar-refractivity contribution in [2.75, 3.05) is 13.1 Å². The van der Waals surface area contributed by atoms with E-state index >= 15 is 0 Å². The largest absolute Gasteiger partial charge is 0.339 e. The fourth-order valence-corrected chi connectivity index (χ4v) is 3.81. The molecule has 1 spiro atoms. The van der Waals surface area contributed by atoms with E-state index in [1.54, 1.807) is 18.2 Å². The molecule has 1 aromatic heterocycles. The predicted octanol–water partition coefficient (Wildman–Crippen LogP) is 4.02. The third kappa shape index (κ3) is 3.01. The zero-order chi connectivity index (χ0) is 18.3. The van der Waals surface area contributed by atoms with E-state index in [2.05, 4.69) is 25.0 Å². The molecule has 1 saturated heterocycles. The molecule has 0 bridgehead atoms. The Labute approximate surface area is 154 Å². The van der Waals surface area contributed by atoms with Gasteiger partial charge in [0.1, 0.15) is 0 Å². The number of rotatable bonds is 3. The summed E-state index contributed by atoms with van der Waals surface area (Å²) in [6, 6.07) is 9.63. The molecule has 0 atom stereocenters. The highest BCUT2D eigenvalue weighted by atomic mass is 16.2. The first kappa shape index (κ1) is 16.8. The first-order valence-electron chi connectivity index (χ1n) is 9.40. The molecule has 4 rings (SSSR count). The van der Waals surface area contributed by atoms with Crippen LogP contribution in [0.4, 0.5) is 0 Å². The molecule has 26 heavy (non-hydrogen) atoms. The minimum absolute atomic E-state index is 0.0547. The maximum Gasteiger partial charge on any atom is 0.254 e. The van der Waals surface area contributed by atoms with Gasteiger partial charge in [-0.05, 0) is 69.2 Å². The molecule has 5 nitrogen and oxygen atoms in total. The highest BCUT2D eigenvalue weighted by Crippen LogP contribution is 2.53. The summed E-state index contributed by atoms with van der Waals surface area (Å²) in [6.45, 7) is 5.80. The lowest BCUT2D eigenvalue weighted by Gasteiger charge is -2.32. The van der Waals surface area contributed by atoms with Gasteiger partial charge in [-0.3, -0.25) is 9.48 Å². The summed E-state index contributed by atoms with van der Waals surface area (Å²) in [5.74, 6) is 0.0547. The number of nitriles is 1. The summed E-state index contributed by atoms with van der Waals surface area (Å²) < 4.78 is 1.88. The highest BCUT2D eigenvalue weighted by Gasteiger charge is 2.45. The van der Waals surface area contributed by atoms with Crippen LogP contribution in [0.2, 0.25) is 0 Å². The van der Waals surface area contributed by atoms with Gasteiger partial charge in [-0.25, -0.2) is 0 Å². The van der Waals surface area contributed by atoms with Crippen LogP contribution < -0.4 is 0 Å². The molecule has 5 heteroatoms. The third-order valence-electron chi connectivity index (χ3n) is 5.86. The van der Waals surface area contributed by atoms with Crippen molar-refractivity contribution < 1.29 is 4.79 Å². The number of carbonyl (C=O) groups excluding carboxylic acids is 1. The van der Waals surface area contributed by atoms with Crippen LogP contribution in [0.15, 0.2) is 30.5 Å². The second-order valence-corrected chi connectivity index (χ2v) is 7.94. The summed E-state index contributed by atoms with van der Waals surface area (Å²) >= 11 is 0. The average Bonchev–Trinajstić information content (AvgIpc) is 3.22. The van der Waals surface area contributed by atoms with Gasteiger partial charge in [0.25, 0.3) is 5.91 Å². The number of amides is 1. The maximum atomic E-state index is 13.2. The van der Waals surface area contributed by atoms with Crippen LogP contribution in [-0.2, 0) is 0 Å². The van der Waals surface area contributed by atoms with Gasteiger partial charge in [0.05, 0.1) is 17.3 Å². The van der Waals surface area contributed by atoms with Crippen LogP contribution in [0.1, 0.15) is 61.5 Å². The Balaban J connectivity index is 1.66. The van der Waals surface area contributed by atoms with E-state index in [0.29, 0.717) is 16.5 Å². The lowest BCUT2D eigenvalue weighted by molar-refractivity contribution is 0.0679. The fourth-order valence-electron chi connectivity index (χ4n) is 3.81. The van der Waals surface area contributed by atoms with Gasteiger partial charge in [-0.1, -0.05) is 0 Å². The zero-order valence-corrected chi connectivity index (χ0v) is 15.4. The smallest absolute Gasteiger partial charge is 0.254 e. The summed E-state index contributed by atoms with van der Waals surface area (Å²) in [5.41, 5.74) is 3.23. The lowest BCUT2D eigenvalue weighted by atomic mass is 9.92. The molecule has 1 aromatic carbocycles. The molecule has 2 fully saturated rings. The number of carbonyl (C=O) groups is 1. The minimum atomic E-state index is 0.0547. The molecule has 1 aliphatic heterocycles. The molecule has 0 unspecified atom stereocenters. The number of piperidine rings is 1. The third-order valence-corrected chi connectivity index (χ3v) is 5.86. The Bertz CT molecular complexity index is 876. The summed E-state index contributed by atoms with van der Waals surface area (Å²) in [7, 11) is 0. The lowest BCUT2D eigenvalue weighted by Crippen LogP contribution is -2.39. The Morgan fingerprint density at radius 1 is 1.19 bits per heavy atom. The molecule has 2 aromatic rings. The molecule has 0 radical (unpaired) electrons. The van der Waals surface area contributed by atoms with Gasteiger partial charge in [-0.15, -0.1) is 0 Å². The van der Waals surface area contributed by atoms with Gasteiger partial charge >= 0.3 is 0 Å². The topological polar surface area (TPSA) is 61.9 Å². The zero-order valence-electron chi connectivity index (χ0n) is 15.4. The molecule has 2 heterocycles. The van der Waals surface area contributed by atoms with E-state index in [4.69, 9.17) is 0 Å². The van der Waals surface area contributed by atoms with E-state index in [1.807, 2.05) is 21.8 Å². The van der Waals surface area contributed by atoms with Crippen LogP contribution in [-0.4, -0.2) is 33.7 Å². The van der Waals surface area contributed by atoms with Crippen molar-refractivity contribution in [1.29, 1.82) is 5.26 Å². The molecule has 2 aliphatic rings. The van der Waals surface area contributed by atoms with E-state index in [0.717, 1.165) is 37.2 Å². The van der Waals surface area contributed by atoms with E-state index in [1.165, 1.54) is 12.8 Å². The van der Waals surface area contributed by atoms with Gasteiger partial charge in [-0.2, -0.15) is 10.4 Å². The van der Waals surface area contributed by atoms with Crippen molar-refractivity contribution in [1.82, 2.24) is 14.7 Å². The Morgan fingerprint density at radius 3 is 2.50 bits per heavy atom. The quantitative estimate of drug-likeness (QED) is 0.841. The maximum absolute atomic E-state index is 13.2. The van der Waals surface area contributed by atoms with Crippen molar-refractivity contribution in [3.63, 3.8) is 0 Å². The van der Waals surface area contributed by atoms with Crippen LogP contribution in [0, 0.1) is 16.7 Å². The SMILES string of the molecule is CC(C)n1ccc(-c2cc(C#N)ccc2C(=O)N2CCC3(CC2)CC3)n1. The Morgan fingerprint density at radius 2 is 1.92 bits per heavy atom. The summed E-state index contributed by atoms with van der Waals surface area (Å²) in [5, 5.41) is 13.9. The summed E-state index contributed by atoms with van der Waals surface area (Å²) in [6.07, 6.45) is 6.80. The van der Waals surface area contributed by atoms with Gasteiger partial charge in [0, 0.05) is 36.5 Å².